The molecule has 0 fully saturated rings. The zero-order valence-corrected chi connectivity index (χ0v) is 20.2. The molecule has 10 heteroatoms. The molecule has 34 heavy (non-hydrogen) atoms. The summed E-state index contributed by atoms with van der Waals surface area (Å²) in [6, 6.07) is 17.6. The van der Waals surface area contributed by atoms with Gasteiger partial charge >= 0.3 is 0 Å². The highest BCUT2D eigenvalue weighted by atomic mass is 35.5. The van der Waals surface area contributed by atoms with Gasteiger partial charge in [0.15, 0.2) is 0 Å². The van der Waals surface area contributed by atoms with Gasteiger partial charge < -0.3 is 19.9 Å². The molecular formula is C24H25ClN2O6S. The van der Waals surface area contributed by atoms with Crippen molar-refractivity contribution in [3.8, 4) is 11.5 Å². The van der Waals surface area contributed by atoms with E-state index in [0.29, 0.717) is 22.0 Å². The summed E-state index contributed by atoms with van der Waals surface area (Å²) in [5.41, 5.74) is 1.25. The number of benzene rings is 3. The largest absolute Gasteiger partial charge is 0.495 e. The van der Waals surface area contributed by atoms with Gasteiger partial charge in [0.1, 0.15) is 16.4 Å². The summed E-state index contributed by atoms with van der Waals surface area (Å²) in [4.78, 5) is 12.7. The normalized spacial score (nSPS) is 12.0. The molecule has 0 saturated heterocycles. The molecule has 0 saturated carbocycles. The maximum atomic E-state index is 13.1. The van der Waals surface area contributed by atoms with E-state index in [1.165, 1.54) is 43.5 Å². The first-order valence-electron chi connectivity index (χ1n) is 10.4. The Kier molecular flexibility index (Phi) is 8.38. The van der Waals surface area contributed by atoms with Crippen molar-refractivity contribution in [1.82, 2.24) is 0 Å². The van der Waals surface area contributed by atoms with Crippen molar-refractivity contribution in [2.24, 2.45) is 0 Å². The Morgan fingerprint density at radius 3 is 2.35 bits per heavy atom. The number of rotatable bonds is 10. The maximum absolute atomic E-state index is 13.1. The minimum absolute atomic E-state index is 0.0639. The van der Waals surface area contributed by atoms with E-state index < -0.39 is 21.8 Å². The fourth-order valence-electron chi connectivity index (χ4n) is 3.26. The van der Waals surface area contributed by atoms with Gasteiger partial charge in [-0.05, 0) is 36.8 Å². The number of methoxy groups -OCH3 is 1. The van der Waals surface area contributed by atoms with Crippen molar-refractivity contribution in [3.05, 3.63) is 77.3 Å². The Morgan fingerprint density at radius 1 is 1.03 bits per heavy atom. The Labute approximate surface area is 203 Å². The van der Waals surface area contributed by atoms with Gasteiger partial charge in [-0.25, -0.2) is 8.42 Å². The zero-order valence-electron chi connectivity index (χ0n) is 18.6. The lowest BCUT2D eigenvalue weighted by molar-refractivity contribution is -0.118. The summed E-state index contributed by atoms with van der Waals surface area (Å²) in [6.45, 7) is 1.55. The van der Waals surface area contributed by atoms with Gasteiger partial charge in [0, 0.05) is 17.8 Å². The third-order valence-electron chi connectivity index (χ3n) is 4.90. The molecule has 3 aromatic carbocycles. The Morgan fingerprint density at radius 2 is 1.71 bits per heavy atom. The van der Waals surface area contributed by atoms with Crippen LogP contribution in [-0.4, -0.2) is 39.8 Å². The molecule has 0 bridgehead atoms. The molecule has 0 spiro atoms. The number of hydrogen-bond donors (Lipinski definition) is 3. The quantitative estimate of drug-likeness (QED) is 0.380. The van der Waals surface area contributed by atoms with Crippen LogP contribution in [0.25, 0.3) is 0 Å². The third kappa shape index (κ3) is 5.99. The monoisotopic (exact) mass is 504 g/mol. The fraction of sp³-hybridized carbons (Fsp3) is 0.208. The van der Waals surface area contributed by atoms with E-state index in [0.717, 1.165) is 0 Å². The van der Waals surface area contributed by atoms with Crippen LogP contribution < -0.4 is 19.5 Å². The smallest absolute Gasteiger partial charge is 0.265 e. The number of aliphatic hydroxyl groups is 1. The molecule has 3 rings (SSSR count). The Hall–Kier alpha value is -3.27. The average Bonchev–Trinajstić information content (AvgIpc) is 2.81. The molecule has 3 aromatic rings. The number of amides is 1. The molecule has 0 unspecified atom stereocenters. The van der Waals surface area contributed by atoms with E-state index in [4.69, 9.17) is 21.1 Å². The van der Waals surface area contributed by atoms with Gasteiger partial charge in [-0.1, -0.05) is 41.9 Å². The number of aliphatic hydroxyl groups excluding tert-OH is 1. The van der Waals surface area contributed by atoms with Crippen LogP contribution in [0.4, 0.5) is 11.4 Å². The second-order valence-electron chi connectivity index (χ2n) is 7.18. The van der Waals surface area contributed by atoms with Gasteiger partial charge in [-0.15, -0.1) is 0 Å². The number of sulfonamides is 1. The standard InChI is InChI=1S/C24H25ClN2O6S/c1-3-33-22-13-17(26-24(29)19(15-28)16-7-5-4-6-8-16)10-12-23(22)34(30,31)27-18-9-11-20(25)21(14-18)32-2/h4-14,19,27-28H,3,15H2,1-2H3,(H,26,29)/t19-/m0/s1. The number of hydrogen-bond acceptors (Lipinski definition) is 6. The fourth-order valence-corrected chi connectivity index (χ4v) is 4.64. The van der Waals surface area contributed by atoms with E-state index in [9.17, 15) is 18.3 Å². The number of ether oxygens (including phenoxy) is 2. The van der Waals surface area contributed by atoms with Gasteiger partial charge in [0.2, 0.25) is 5.91 Å². The first-order chi connectivity index (χ1) is 16.3. The molecule has 0 aliphatic rings. The third-order valence-corrected chi connectivity index (χ3v) is 6.64. The molecule has 3 N–H and O–H groups in total. The van der Waals surface area contributed by atoms with Crippen LogP contribution >= 0.6 is 11.6 Å². The van der Waals surface area contributed by atoms with Crippen molar-refractivity contribution in [3.63, 3.8) is 0 Å². The predicted molar refractivity (Wildman–Crippen MR) is 131 cm³/mol. The number of nitrogens with one attached hydrogen (secondary N) is 2. The molecule has 1 atom stereocenters. The van der Waals surface area contributed by atoms with E-state index in [2.05, 4.69) is 10.0 Å². The average molecular weight is 505 g/mol. The second-order valence-corrected chi connectivity index (χ2v) is 9.24. The van der Waals surface area contributed by atoms with Crippen molar-refractivity contribution in [2.75, 3.05) is 30.4 Å². The first kappa shape index (κ1) is 25.4. The molecule has 0 heterocycles. The van der Waals surface area contributed by atoms with Crippen LogP contribution in [0, 0.1) is 0 Å². The lowest BCUT2D eigenvalue weighted by Gasteiger charge is -2.17. The summed E-state index contributed by atoms with van der Waals surface area (Å²) in [7, 11) is -2.61. The lowest BCUT2D eigenvalue weighted by atomic mass is 9.99. The van der Waals surface area contributed by atoms with E-state index in [1.807, 2.05) is 6.07 Å². The molecule has 0 aliphatic heterocycles. The van der Waals surface area contributed by atoms with Gasteiger partial charge in [-0.3, -0.25) is 9.52 Å². The summed E-state index contributed by atoms with van der Waals surface area (Å²) >= 11 is 6.01. The van der Waals surface area contributed by atoms with Crippen LogP contribution in [0.2, 0.25) is 5.02 Å². The van der Waals surface area contributed by atoms with Crippen LogP contribution in [0.5, 0.6) is 11.5 Å². The summed E-state index contributed by atoms with van der Waals surface area (Å²) in [5, 5.41) is 12.8. The van der Waals surface area contributed by atoms with Gasteiger partial charge in [0.25, 0.3) is 10.0 Å². The topological polar surface area (TPSA) is 114 Å². The van der Waals surface area contributed by atoms with Crippen LogP contribution in [-0.2, 0) is 14.8 Å². The van der Waals surface area contributed by atoms with Crippen LogP contribution in [0.1, 0.15) is 18.4 Å². The molecular weight excluding hydrogens is 480 g/mol. The maximum Gasteiger partial charge on any atom is 0.265 e. The van der Waals surface area contributed by atoms with Crippen molar-refractivity contribution in [1.29, 1.82) is 0 Å². The van der Waals surface area contributed by atoms with Crippen molar-refractivity contribution in [2.45, 2.75) is 17.7 Å². The highest BCUT2D eigenvalue weighted by Gasteiger charge is 2.23. The van der Waals surface area contributed by atoms with Gasteiger partial charge in [-0.2, -0.15) is 0 Å². The van der Waals surface area contributed by atoms with Crippen molar-refractivity contribution >= 4 is 38.9 Å². The van der Waals surface area contributed by atoms with Gasteiger partial charge in [0.05, 0.1) is 37.0 Å². The molecule has 0 radical (unpaired) electrons. The van der Waals surface area contributed by atoms with Crippen LogP contribution in [0.15, 0.2) is 71.6 Å². The molecule has 180 valence electrons. The SMILES string of the molecule is CCOc1cc(NC(=O)[C@@H](CO)c2ccccc2)ccc1S(=O)(=O)Nc1ccc(Cl)c(OC)c1. The number of carbonyl (C=O) groups excluding carboxylic acids is 1. The number of carbonyl (C=O) groups is 1. The zero-order chi connectivity index (χ0) is 24.7. The summed E-state index contributed by atoms with van der Waals surface area (Å²) in [5.74, 6) is -0.823. The second kappa shape index (κ2) is 11.2. The highest BCUT2D eigenvalue weighted by Crippen LogP contribution is 2.32. The predicted octanol–water partition coefficient (Wildman–Crippen LogP) is 4.26. The Balaban J connectivity index is 1.86. The van der Waals surface area contributed by atoms with E-state index in [-0.39, 0.29) is 29.5 Å². The highest BCUT2D eigenvalue weighted by molar-refractivity contribution is 7.92. The van der Waals surface area contributed by atoms with E-state index >= 15 is 0 Å². The molecule has 1 amide bonds. The summed E-state index contributed by atoms with van der Waals surface area (Å²) in [6.07, 6.45) is 0. The minimum Gasteiger partial charge on any atom is -0.495 e. The van der Waals surface area contributed by atoms with Crippen LogP contribution in [0.3, 0.4) is 0 Å². The lowest BCUT2D eigenvalue weighted by Crippen LogP contribution is -2.24. The molecule has 8 nitrogen and oxygen atoms in total. The first-order valence-corrected chi connectivity index (χ1v) is 12.2. The summed E-state index contributed by atoms with van der Waals surface area (Å²) < 4.78 is 39.3. The van der Waals surface area contributed by atoms with E-state index in [1.54, 1.807) is 31.2 Å². The molecule has 0 aliphatic carbocycles. The number of anilines is 2. The molecule has 0 aromatic heterocycles. The number of halogens is 1. The Bertz CT molecular complexity index is 1250. The minimum atomic E-state index is -4.04. The van der Waals surface area contributed by atoms with Crippen molar-refractivity contribution < 1.29 is 27.8 Å².